The smallest absolute Gasteiger partial charge is 0.410 e. The van der Waals surface area contributed by atoms with Crippen molar-refractivity contribution < 1.29 is 19.4 Å². The van der Waals surface area contributed by atoms with Crippen LogP contribution in [-0.4, -0.2) is 96.8 Å². The summed E-state index contributed by atoms with van der Waals surface area (Å²) in [5, 5.41) is 12.4. The fourth-order valence-electron chi connectivity index (χ4n) is 8.15. The number of aryl methyl sites for hydroxylation is 3. The summed E-state index contributed by atoms with van der Waals surface area (Å²) in [5.74, 6) is -0.151. The van der Waals surface area contributed by atoms with Gasteiger partial charge in [0.2, 0.25) is 5.91 Å². The molecule has 0 bridgehead atoms. The molecule has 11 heteroatoms. The molecule has 2 aliphatic heterocycles. The number of β-amino-alcohol motifs (C(OH)–C–C–N with tert-alkyl or cyclic N) is 1. The number of nitrogens with zero attached hydrogens (tertiary/aromatic N) is 6. The number of aromatic nitrogens is 3. The Bertz CT molecular complexity index is 1610. The van der Waals surface area contributed by atoms with Crippen molar-refractivity contribution >= 4 is 23.6 Å². The molecule has 2 saturated heterocycles. The molecule has 0 unspecified atom stereocenters. The molecule has 10 nitrogen and oxygen atoms in total. The zero-order valence-electron chi connectivity index (χ0n) is 27.2. The summed E-state index contributed by atoms with van der Waals surface area (Å²) < 4.78 is 7.95. The van der Waals surface area contributed by atoms with Crippen LogP contribution in [0.25, 0.3) is 0 Å². The van der Waals surface area contributed by atoms with Crippen LogP contribution in [0.3, 0.4) is 0 Å². The molecule has 1 N–H and O–H groups in total. The van der Waals surface area contributed by atoms with Crippen molar-refractivity contribution in [3.8, 4) is 0 Å². The van der Waals surface area contributed by atoms with E-state index < -0.39 is 17.7 Å². The molecular formula is C36H45ClN6O4. The molecule has 7 rings (SSSR count). The fourth-order valence-corrected chi connectivity index (χ4v) is 8.35. The van der Waals surface area contributed by atoms with Crippen molar-refractivity contribution in [3.63, 3.8) is 0 Å². The van der Waals surface area contributed by atoms with E-state index in [1.807, 2.05) is 42.1 Å². The Morgan fingerprint density at radius 1 is 1.04 bits per heavy atom. The molecule has 250 valence electrons. The maximum atomic E-state index is 14.6. The average molecular weight is 661 g/mol. The monoisotopic (exact) mass is 660 g/mol. The second-order valence-electron chi connectivity index (χ2n) is 13.9. The molecule has 3 atom stereocenters. The summed E-state index contributed by atoms with van der Waals surface area (Å²) in [4.78, 5) is 43.4. The second kappa shape index (κ2) is 13.6. The Hall–Kier alpha value is -3.47. The molecular weight excluding hydrogens is 616 g/mol. The van der Waals surface area contributed by atoms with Crippen LogP contribution in [0.15, 0.2) is 49.1 Å². The zero-order valence-corrected chi connectivity index (χ0v) is 27.9. The first-order valence-electron chi connectivity index (χ1n) is 17.2. The van der Waals surface area contributed by atoms with Gasteiger partial charge in [0, 0.05) is 43.6 Å². The van der Waals surface area contributed by atoms with Gasteiger partial charge in [0.05, 0.1) is 36.8 Å². The highest BCUT2D eigenvalue weighted by Gasteiger charge is 2.45. The summed E-state index contributed by atoms with van der Waals surface area (Å²) in [6.07, 6.45) is 12.9. The van der Waals surface area contributed by atoms with E-state index in [-0.39, 0.29) is 24.6 Å². The zero-order chi connectivity index (χ0) is 32.5. The van der Waals surface area contributed by atoms with E-state index in [1.165, 1.54) is 11.1 Å². The van der Waals surface area contributed by atoms with Crippen molar-refractivity contribution in [2.45, 2.75) is 95.0 Å². The van der Waals surface area contributed by atoms with Gasteiger partial charge in [-0.25, -0.2) is 9.78 Å². The number of hydrogen-bond donors (Lipinski definition) is 1. The Balaban J connectivity index is 1.19. The van der Waals surface area contributed by atoms with E-state index in [1.54, 1.807) is 16.1 Å². The number of ether oxygens (including phenoxy) is 1. The summed E-state index contributed by atoms with van der Waals surface area (Å²) >= 11 is 6.47. The van der Waals surface area contributed by atoms with Gasteiger partial charge in [-0.15, -0.1) is 0 Å². The Morgan fingerprint density at radius 2 is 1.87 bits per heavy atom. The minimum absolute atomic E-state index is 0.113. The molecule has 1 aromatic carbocycles. The lowest BCUT2D eigenvalue weighted by molar-refractivity contribution is -0.147. The molecule has 47 heavy (non-hydrogen) atoms. The lowest BCUT2D eigenvalue weighted by Crippen LogP contribution is -2.64. The van der Waals surface area contributed by atoms with Gasteiger partial charge < -0.3 is 19.3 Å². The number of carbonyl (C=O) groups excluding carboxylic acids is 2. The second-order valence-corrected chi connectivity index (χ2v) is 14.4. The SMILES string of the molecule is Cc1cn(C[C@@]2(O)CCCN(C(=O)[C@H]3CN([C@H]4c5ccc(Cl)cc5CCc5cccnc54)CCN3C(=O)OC3CCCCC3)C2)cn1. The number of rotatable bonds is 5. The van der Waals surface area contributed by atoms with Crippen molar-refractivity contribution in [2.75, 3.05) is 32.7 Å². The first-order chi connectivity index (χ1) is 22.8. The molecule has 4 heterocycles. The standard InChI is InChI=1S/C36H45ClN6O4/c1-25-20-40(24-39-25)22-36(46)14-6-16-42(23-36)34(44)31-21-41(17-18-43(31)35(45)47-29-8-3-2-4-9-29)33-30-13-12-28(37)19-27(30)11-10-26-7-5-15-38-32(26)33/h5,7,12-13,15,19-20,24,29,31,33,46H,2-4,6,8-11,14,16-18,21-23H2,1H3/t31-,33+,36+/m1/s1. The maximum absolute atomic E-state index is 14.6. The van der Waals surface area contributed by atoms with Crippen LogP contribution in [0.4, 0.5) is 4.79 Å². The number of piperidine rings is 1. The highest BCUT2D eigenvalue weighted by Crippen LogP contribution is 2.38. The number of likely N-dealkylation sites (tertiary alicyclic amines) is 1. The van der Waals surface area contributed by atoms with Crippen LogP contribution in [0.2, 0.25) is 5.02 Å². The predicted octanol–water partition coefficient (Wildman–Crippen LogP) is 4.94. The number of piperazine rings is 1. The number of hydrogen-bond acceptors (Lipinski definition) is 7. The summed E-state index contributed by atoms with van der Waals surface area (Å²) in [7, 11) is 0. The van der Waals surface area contributed by atoms with Gasteiger partial charge in [-0.05, 0) is 93.2 Å². The number of carbonyl (C=O) groups is 2. The summed E-state index contributed by atoms with van der Waals surface area (Å²) in [6.45, 7) is 4.25. The average Bonchev–Trinajstić information content (AvgIpc) is 3.40. The molecule has 3 aromatic rings. The van der Waals surface area contributed by atoms with Crippen LogP contribution < -0.4 is 0 Å². The molecule has 0 spiro atoms. The quantitative estimate of drug-likeness (QED) is 0.414. The first kappa shape index (κ1) is 32.1. The molecule has 1 saturated carbocycles. The van der Waals surface area contributed by atoms with Crippen LogP contribution in [0, 0.1) is 6.92 Å². The summed E-state index contributed by atoms with van der Waals surface area (Å²) in [5.41, 5.74) is 4.27. The molecule has 0 radical (unpaired) electrons. The molecule has 4 aliphatic rings. The van der Waals surface area contributed by atoms with Gasteiger partial charge in [0.1, 0.15) is 17.7 Å². The van der Waals surface area contributed by atoms with Gasteiger partial charge in [-0.1, -0.05) is 30.2 Å². The van der Waals surface area contributed by atoms with Gasteiger partial charge in [0.15, 0.2) is 0 Å². The fraction of sp³-hybridized carbons (Fsp3) is 0.556. The number of amides is 2. The number of benzene rings is 1. The number of fused-ring (bicyclic) bond motifs is 2. The Kier molecular flexibility index (Phi) is 9.26. The van der Waals surface area contributed by atoms with Crippen LogP contribution >= 0.6 is 11.6 Å². The topological polar surface area (TPSA) is 104 Å². The largest absolute Gasteiger partial charge is 0.446 e. The minimum atomic E-state index is -1.09. The van der Waals surface area contributed by atoms with E-state index in [4.69, 9.17) is 21.3 Å². The lowest BCUT2D eigenvalue weighted by atomic mass is 9.91. The molecule has 3 fully saturated rings. The minimum Gasteiger partial charge on any atom is -0.446 e. The Labute approximate surface area is 281 Å². The van der Waals surface area contributed by atoms with E-state index in [0.717, 1.165) is 61.9 Å². The van der Waals surface area contributed by atoms with Crippen LogP contribution in [-0.2, 0) is 28.9 Å². The lowest BCUT2D eigenvalue weighted by Gasteiger charge is -2.46. The number of halogens is 1. The van der Waals surface area contributed by atoms with Gasteiger partial charge in [-0.3, -0.25) is 19.6 Å². The third-order valence-corrected chi connectivity index (χ3v) is 10.7. The normalized spacial score (nSPS) is 25.5. The summed E-state index contributed by atoms with van der Waals surface area (Å²) in [6, 6.07) is 9.24. The van der Waals surface area contributed by atoms with E-state index in [2.05, 4.69) is 22.0 Å². The van der Waals surface area contributed by atoms with Crippen LogP contribution in [0.5, 0.6) is 0 Å². The molecule has 2 amide bonds. The van der Waals surface area contributed by atoms with Crippen molar-refractivity contribution in [1.82, 2.24) is 29.2 Å². The predicted molar refractivity (Wildman–Crippen MR) is 178 cm³/mol. The van der Waals surface area contributed by atoms with E-state index >= 15 is 0 Å². The third kappa shape index (κ3) is 6.91. The maximum Gasteiger partial charge on any atom is 0.410 e. The van der Waals surface area contributed by atoms with Gasteiger partial charge >= 0.3 is 6.09 Å². The van der Waals surface area contributed by atoms with E-state index in [0.29, 0.717) is 50.6 Å². The molecule has 2 aliphatic carbocycles. The van der Waals surface area contributed by atoms with Crippen LogP contribution in [0.1, 0.15) is 79.1 Å². The molecule has 2 aromatic heterocycles. The van der Waals surface area contributed by atoms with Gasteiger partial charge in [-0.2, -0.15) is 0 Å². The number of pyridine rings is 1. The number of aliphatic hydroxyl groups is 1. The highest BCUT2D eigenvalue weighted by molar-refractivity contribution is 6.30. The highest BCUT2D eigenvalue weighted by atomic mass is 35.5. The first-order valence-corrected chi connectivity index (χ1v) is 17.6. The number of imidazole rings is 1. The third-order valence-electron chi connectivity index (χ3n) is 10.5. The Morgan fingerprint density at radius 3 is 2.68 bits per heavy atom. The van der Waals surface area contributed by atoms with E-state index in [9.17, 15) is 14.7 Å². The van der Waals surface area contributed by atoms with Gasteiger partial charge in [0.25, 0.3) is 0 Å². The van der Waals surface area contributed by atoms with Crippen molar-refractivity contribution in [2.24, 2.45) is 0 Å². The van der Waals surface area contributed by atoms with Crippen molar-refractivity contribution in [3.05, 3.63) is 82.2 Å². The van der Waals surface area contributed by atoms with Crippen molar-refractivity contribution in [1.29, 1.82) is 0 Å².